The third-order valence-electron chi connectivity index (χ3n) is 5.67. The predicted molar refractivity (Wildman–Crippen MR) is 75.9 cm³/mol. The second-order valence-corrected chi connectivity index (χ2v) is 7.81. The molecule has 4 fully saturated rings. The Labute approximate surface area is 118 Å². The minimum atomic E-state index is -0.0458. The van der Waals surface area contributed by atoms with E-state index in [9.17, 15) is 0 Å². The van der Waals surface area contributed by atoms with E-state index >= 15 is 0 Å². The molecule has 2 nitrogen and oxygen atoms in total. The van der Waals surface area contributed by atoms with Crippen molar-refractivity contribution in [3.8, 4) is 6.07 Å². The largest absolute Gasteiger partial charge is 0.245 e. The van der Waals surface area contributed by atoms with Gasteiger partial charge in [0.15, 0.2) is 0 Å². The Morgan fingerprint density at radius 3 is 2.42 bits per heavy atom. The molecule has 0 aliphatic heterocycles. The highest BCUT2D eigenvalue weighted by Gasteiger charge is 2.49. The third kappa shape index (κ3) is 1.84. The molecule has 3 heteroatoms. The molecule has 1 aromatic heterocycles. The molecule has 0 radical (unpaired) electrons. The Morgan fingerprint density at radius 2 is 1.84 bits per heavy atom. The average Bonchev–Trinajstić information content (AvgIpc) is 2.86. The maximum absolute atomic E-state index is 9.03. The molecule has 5 rings (SSSR count). The molecule has 0 aromatic carbocycles. The van der Waals surface area contributed by atoms with Gasteiger partial charge in [-0.1, -0.05) is 0 Å². The van der Waals surface area contributed by atoms with E-state index in [1.54, 1.807) is 11.3 Å². The summed E-state index contributed by atoms with van der Waals surface area (Å²) >= 11 is 1.69. The first-order chi connectivity index (χ1) is 9.24. The molecule has 4 saturated carbocycles. The van der Waals surface area contributed by atoms with Gasteiger partial charge in [0.05, 0.1) is 17.7 Å². The summed E-state index contributed by atoms with van der Waals surface area (Å²) in [6.45, 7) is 1.96. The van der Waals surface area contributed by atoms with Crippen molar-refractivity contribution in [3.63, 3.8) is 0 Å². The van der Waals surface area contributed by atoms with Crippen LogP contribution in [0.15, 0.2) is 5.38 Å². The van der Waals surface area contributed by atoms with Crippen LogP contribution in [-0.2, 0) is 0 Å². The Morgan fingerprint density at radius 1 is 1.21 bits per heavy atom. The van der Waals surface area contributed by atoms with Crippen LogP contribution in [0.4, 0.5) is 0 Å². The normalized spacial score (nSPS) is 41.2. The van der Waals surface area contributed by atoms with Crippen molar-refractivity contribution in [2.45, 2.75) is 50.9 Å². The van der Waals surface area contributed by atoms with E-state index in [1.165, 1.54) is 37.8 Å². The van der Waals surface area contributed by atoms with Crippen molar-refractivity contribution < 1.29 is 0 Å². The molecule has 4 aliphatic carbocycles. The molecule has 0 N–H and O–H groups in total. The topological polar surface area (TPSA) is 36.7 Å². The summed E-state index contributed by atoms with van der Waals surface area (Å²) < 4.78 is 0. The van der Waals surface area contributed by atoms with Crippen LogP contribution in [-0.4, -0.2) is 4.98 Å². The molecule has 1 aromatic rings. The zero-order valence-electron chi connectivity index (χ0n) is 11.4. The number of thiazole rings is 1. The van der Waals surface area contributed by atoms with Gasteiger partial charge in [-0.15, -0.1) is 11.3 Å². The standard InChI is InChI=1S/C16H20N2S/c1-9(7-17)16-18-14(8-19-16)15-12-3-10-2-11(5-12)6-13(15)4-10/h8-13,15H,2-6H2,1H3. The second kappa shape index (κ2) is 4.31. The maximum Gasteiger partial charge on any atom is 0.110 e. The fourth-order valence-electron chi connectivity index (χ4n) is 5.12. The van der Waals surface area contributed by atoms with Crippen LogP contribution < -0.4 is 0 Å². The zero-order valence-corrected chi connectivity index (χ0v) is 12.2. The van der Waals surface area contributed by atoms with Gasteiger partial charge in [-0.2, -0.15) is 5.26 Å². The maximum atomic E-state index is 9.03. The fourth-order valence-corrected chi connectivity index (χ4v) is 5.98. The smallest absolute Gasteiger partial charge is 0.110 e. The summed E-state index contributed by atoms with van der Waals surface area (Å²) in [7, 11) is 0. The predicted octanol–water partition coefficient (Wildman–Crippen LogP) is 4.31. The summed E-state index contributed by atoms with van der Waals surface area (Å²) in [4.78, 5) is 4.82. The summed E-state index contributed by atoms with van der Waals surface area (Å²) in [5, 5.41) is 12.3. The van der Waals surface area contributed by atoms with E-state index in [2.05, 4.69) is 11.4 Å². The molecule has 0 amide bonds. The number of nitriles is 1. The van der Waals surface area contributed by atoms with Gasteiger partial charge in [-0.25, -0.2) is 4.98 Å². The highest BCUT2D eigenvalue weighted by atomic mass is 32.1. The van der Waals surface area contributed by atoms with Crippen LogP contribution in [0.5, 0.6) is 0 Å². The highest BCUT2D eigenvalue weighted by Crippen LogP contribution is 2.59. The van der Waals surface area contributed by atoms with Gasteiger partial charge in [0.2, 0.25) is 0 Å². The minimum absolute atomic E-state index is 0.0458. The number of hydrogen-bond acceptors (Lipinski definition) is 3. The Hall–Kier alpha value is -0.880. The quantitative estimate of drug-likeness (QED) is 0.804. The van der Waals surface area contributed by atoms with Crippen LogP contribution in [0.2, 0.25) is 0 Å². The fraction of sp³-hybridized carbons (Fsp3) is 0.750. The molecule has 4 bridgehead atoms. The molecular weight excluding hydrogens is 252 g/mol. The van der Waals surface area contributed by atoms with Crippen LogP contribution in [0.1, 0.15) is 61.6 Å². The van der Waals surface area contributed by atoms with Crippen LogP contribution in [0.25, 0.3) is 0 Å². The highest BCUT2D eigenvalue weighted by molar-refractivity contribution is 7.09. The van der Waals surface area contributed by atoms with Gasteiger partial charge < -0.3 is 0 Å². The van der Waals surface area contributed by atoms with E-state index in [0.29, 0.717) is 5.92 Å². The molecule has 4 aliphatic rings. The van der Waals surface area contributed by atoms with Gasteiger partial charge in [-0.3, -0.25) is 0 Å². The molecule has 100 valence electrons. The lowest BCUT2D eigenvalue weighted by atomic mass is 9.51. The van der Waals surface area contributed by atoms with Gasteiger partial charge >= 0.3 is 0 Å². The molecule has 1 atom stereocenters. The first-order valence-corrected chi connectivity index (χ1v) is 8.47. The van der Waals surface area contributed by atoms with Gasteiger partial charge in [-0.05, 0) is 62.7 Å². The molecular formula is C16H20N2S. The molecule has 1 heterocycles. The van der Waals surface area contributed by atoms with E-state index in [1.807, 2.05) is 6.92 Å². The van der Waals surface area contributed by atoms with Crippen molar-refractivity contribution in [1.82, 2.24) is 4.98 Å². The number of rotatable bonds is 2. The first-order valence-electron chi connectivity index (χ1n) is 7.59. The lowest BCUT2D eigenvalue weighted by Gasteiger charge is -2.54. The third-order valence-corrected chi connectivity index (χ3v) is 6.72. The number of nitrogens with zero attached hydrogens (tertiary/aromatic N) is 2. The summed E-state index contributed by atoms with van der Waals surface area (Å²) in [5.41, 5.74) is 1.32. The van der Waals surface area contributed by atoms with Crippen molar-refractivity contribution >= 4 is 11.3 Å². The number of hydrogen-bond donors (Lipinski definition) is 0. The van der Waals surface area contributed by atoms with Crippen molar-refractivity contribution in [1.29, 1.82) is 5.26 Å². The minimum Gasteiger partial charge on any atom is -0.245 e. The zero-order chi connectivity index (χ0) is 13.0. The van der Waals surface area contributed by atoms with Gasteiger partial charge in [0.1, 0.15) is 5.01 Å². The van der Waals surface area contributed by atoms with Crippen LogP contribution in [0, 0.1) is 35.0 Å². The number of aromatic nitrogens is 1. The SMILES string of the molecule is CC(C#N)c1nc(C2C3CC4CC(C3)CC2C4)cs1. The summed E-state index contributed by atoms with van der Waals surface area (Å²) in [6, 6.07) is 2.31. The first kappa shape index (κ1) is 11.9. The Bertz CT molecular complexity index is 499. The molecule has 1 unspecified atom stereocenters. The second-order valence-electron chi connectivity index (χ2n) is 6.92. The lowest BCUT2D eigenvalue weighted by Crippen LogP contribution is -2.43. The Balaban J connectivity index is 1.62. The van der Waals surface area contributed by atoms with E-state index in [-0.39, 0.29) is 5.92 Å². The average molecular weight is 272 g/mol. The molecule has 19 heavy (non-hydrogen) atoms. The summed E-state index contributed by atoms with van der Waals surface area (Å²) in [5.74, 6) is 4.50. The van der Waals surface area contributed by atoms with Crippen molar-refractivity contribution in [2.24, 2.45) is 23.7 Å². The van der Waals surface area contributed by atoms with Crippen LogP contribution >= 0.6 is 11.3 Å². The van der Waals surface area contributed by atoms with E-state index < -0.39 is 0 Å². The van der Waals surface area contributed by atoms with E-state index in [4.69, 9.17) is 10.2 Å². The molecule has 0 saturated heterocycles. The molecule has 0 spiro atoms. The summed E-state index contributed by atoms with van der Waals surface area (Å²) in [6.07, 6.45) is 7.28. The Kier molecular flexibility index (Phi) is 2.70. The lowest BCUT2D eigenvalue weighted by molar-refractivity contribution is -0.00400. The van der Waals surface area contributed by atoms with Gasteiger partial charge in [0, 0.05) is 11.3 Å². The van der Waals surface area contributed by atoms with Crippen LogP contribution in [0.3, 0.4) is 0 Å². The van der Waals surface area contributed by atoms with E-state index in [0.717, 1.165) is 28.7 Å². The monoisotopic (exact) mass is 272 g/mol. The van der Waals surface area contributed by atoms with Crippen molar-refractivity contribution in [2.75, 3.05) is 0 Å². The van der Waals surface area contributed by atoms with Gasteiger partial charge in [0.25, 0.3) is 0 Å². The van der Waals surface area contributed by atoms with Crippen molar-refractivity contribution in [3.05, 3.63) is 16.1 Å².